The van der Waals surface area contributed by atoms with Gasteiger partial charge in [-0.3, -0.25) is 4.79 Å². The van der Waals surface area contributed by atoms with Gasteiger partial charge in [0, 0.05) is 40.4 Å². The molecule has 2 aromatic carbocycles. The Morgan fingerprint density at radius 3 is 2.54 bits per heavy atom. The minimum absolute atomic E-state index is 0.00476. The number of anilines is 1. The summed E-state index contributed by atoms with van der Waals surface area (Å²) in [6.45, 7) is 4.53. The minimum Gasteiger partial charge on any atom is -0.496 e. The maximum absolute atomic E-state index is 12.9. The lowest BCUT2D eigenvalue weighted by Crippen LogP contribution is -2.22. The van der Waals surface area contributed by atoms with E-state index in [4.69, 9.17) is 9.47 Å². The van der Waals surface area contributed by atoms with Gasteiger partial charge in [-0.2, -0.15) is 0 Å². The second-order valence-electron chi connectivity index (χ2n) is 8.87. The van der Waals surface area contributed by atoms with Gasteiger partial charge in [0.1, 0.15) is 5.75 Å². The van der Waals surface area contributed by atoms with E-state index in [1.807, 2.05) is 35.9 Å². The summed E-state index contributed by atoms with van der Waals surface area (Å²) in [5.41, 5.74) is 3.25. The number of esters is 1. The van der Waals surface area contributed by atoms with E-state index in [9.17, 15) is 19.5 Å². The molecular weight excluding hydrogens is 472 g/mol. The second kappa shape index (κ2) is 12.8. The van der Waals surface area contributed by atoms with Crippen molar-refractivity contribution in [2.45, 2.75) is 46.1 Å². The summed E-state index contributed by atoms with van der Waals surface area (Å²) in [5, 5.41) is 13.3. The van der Waals surface area contributed by atoms with Crippen LogP contribution in [0.3, 0.4) is 0 Å². The first kappa shape index (κ1) is 27.5. The van der Waals surface area contributed by atoms with Crippen molar-refractivity contribution in [1.29, 1.82) is 0 Å². The van der Waals surface area contributed by atoms with Gasteiger partial charge in [0.2, 0.25) is 5.91 Å². The van der Waals surface area contributed by atoms with Crippen LogP contribution in [0.5, 0.6) is 5.75 Å². The Morgan fingerprint density at radius 1 is 1.11 bits per heavy atom. The number of benzene rings is 2. The highest BCUT2D eigenvalue weighted by atomic mass is 16.5. The van der Waals surface area contributed by atoms with Gasteiger partial charge in [0.25, 0.3) is 0 Å². The van der Waals surface area contributed by atoms with E-state index in [0.717, 1.165) is 47.7 Å². The number of carboxylic acids is 1. The van der Waals surface area contributed by atoms with Gasteiger partial charge in [0.15, 0.2) is 0 Å². The number of aromatic nitrogens is 1. The van der Waals surface area contributed by atoms with Crippen LogP contribution in [-0.4, -0.2) is 41.7 Å². The van der Waals surface area contributed by atoms with Crippen molar-refractivity contribution < 1.29 is 29.0 Å². The van der Waals surface area contributed by atoms with Gasteiger partial charge >= 0.3 is 11.9 Å². The van der Waals surface area contributed by atoms with Gasteiger partial charge in [-0.25, -0.2) is 9.59 Å². The molecule has 0 spiro atoms. The third-order valence-electron chi connectivity index (χ3n) is 6.43. The molecule has 0 fully saturated rings. The fourth-order valence-electron chi connectivity index (χ4n) is 4.29. The van der Waals surface area contributed by atoms with E-state index < -0.39 is 11.9 Å². The Morgan fingerprint density at radius 2 is 1.89 bits per heavy atom. The lowest BCUT2D eigenvalue weighted by atomic mass is 9.98. The zero-order chi connectivity index (χ0) is 26.9. The lowest BCUT2D eigenvalue weighted by molar-refractivity contribution is -0.134. The smallest absolute Gasteiger partial charge is 0.335 e. The third-order valence-corrected chi connectivity index (χ3v) is 6.43. The maximum Gasteiger partial charge on any atom is 0.335 e. The van der Waals surface area contributed by atoms with Gasteiger partial charge < -0.3 is 24.5 Å². The largest absolute Gasteiger partial charge is 0.496 e. The lowest BCUT2D eigenvalue weighted by Gasteiger charge is -2.15. The number of nitrogens with one attached hydrogen (secondary N) is 1. The highest BCUT2D eigenvalue weighted by molar-refractivity contribution is 5.98. The molecule has 1 aromatic heterocycles. The molecule has 0 bridgehead atoms. The van der Waals surface area contributed by atoms with Crippen LogP contribution in [0, 0.1) is 5.92 Å². The molecule has 3 aromatic rings. The van der Waals surface area contributed by atoms with Crippen molar-refractivity contribution in [3.63, 3.8) is 0 Å². The van der Waals surface area contributed by atoms with Gasteiger partial charge in [0.05, 0.1) is 31.8 Å². The summed E-state index contributed by atoms with van der Waals surface area (Å²) in [6.07, 6.45) is 8.62. The molecule has 0 saturated carbocycles. The summed E-state index contributed by atoms with van der Waals surface area (Å²) in [4.78, 5) is 36.0. The SMILES string of the molecule is CCCCC(CC)C(=O)Nc1ccc2c(C=CC(=O)OC)cn(Cc3ccc(C(=O)O)cc3OC)c2c1. The van der Waals surface area contributed by atoms with E-state index in [-0.39, 0.29) is 17.4 Å². The standard InChI is InChI=1S/C29H34N2O6/c1-5-7-8-19(6-2)28(33)30-23-12-13-24-21(11-14-27(32)37-4)17-31(25(24)16-23)18-22-10-9-20(29(34)35)15-26(22)36-3/h9-17,19H,5-8,18H2,1-4H3,(H,30,33)(H,34,35). The van der Waals surface area contributed by atoms with Crippen LogP contribution in [0.2, 0.25) is 0 Å². The average Bonchev–Trinajstić information content (AvgIpc) is 3.24. The zero-order valence-corrected chi connectivity index (χ0v) is 21.7. The number of carboxylic acid groups (broad SMARTS) is 1. The summed E-state index contributed by atoms with van der Waals surface area (Å²) in [7, 11) is 2.82. The number of hydrogen-bond donors (Lipinski definition) is 2. The first-order valence-corrected chi connectivity index (χ1v) is 12.4. The number of ether oxygens (including phenoxy) is 2. The molecule has 1 atom stereocenters. The summed E-state index contributed by atoms with van der Waals surface area (Å²) >= 11 is 0. The van der Waals surface area contributed by atoms with E-state index >= 15 is 0 Å². The quantitative estimate of drug-likeness (QED) is 0.240. The molecule has 1 unspecified atom stereocenters. The second-order valence-corrected chi connectivity index (χ2v) is 8.87. The van der Waals surface area contributed by atoms with Crippen molar-refractivity contribution in [3.8, 4) is 5.75 Å². The number of unbranched alkanes of at least 4 members (excludes halogenated alkanes) is 1. The Balaban J connectivity index is 2.02. The number of aromatic carboxylic acids is 1. The molecule has 1 heterocycles. The first-order valence-electron chi connectivity index (χ1n) is 12.4. The summed E-state index contributed by atoms with van der Waals surface area (Å²) < 4.78 is 12.2. The number of carbonyl (C=O) groups excluding carboxylic acids is 2. The molecule has 37 heavy (non-hydrogen) atoms. The number of carbonyl (C=O) groups is 3. The molecule has 0 aliphatic carbocycles. The highest BCUT2D eigenvalue weighted by Crippen LogP contribution is 2.29. The first-order chi connectivity index (χ1) is 17.8. The molecule has 3 rings (SSSR count). The fraction of sp³-hybridized carbons (Fsp3) is 0.345. The molecule has 196 valence electrons. The molecule has 1 amide bonds. The Labute approximate surface area is 216 Å². The molecule has 0 aliphatic heterocycles. The van der Waals surface area contributed by atoms with Crippen molar-refractivity contribution in [1.82, 2.24) is 4.57 Å². The monoisotopic (exact) mass is 506 g/mol. The average molecular weight is 507 g/mol. The van der Waals surface area contributed by atoms with E-state index in [1.165, 1.54) is 32.4 Å². The van der Waals surface area contributed by atoms with Crippen molar-refractivity contribution in [3.05, 3.63) is 65.4 Å². The molecule has 2 N–H and O–H groups in total. The van der Waals surface area contributed by atoms with Crippen molar-refractivity contribution in [2.75, 3.05) is 19.5 Å². The predicted molar refractivity (Wildman–Crippen MR) is 144 cm³/mol. The van der Waals surface area contributed by atoms with Crippen LogP contribution in [0.25, 0.3) is 17.0 Å². The Hall–Kier alpha value is -4.07. The molecular formula is C29H34N2O6. The molecule has 0 aliphatic rings. The molecule has 0 radical (unpaired) electrons. The zero-order valence-electron chi connectivity index (χ0n) is 21.7. The summed E-state index contributed by atoms with van der Waals surface area (Å²) in [6, 6.07) is 10.4. The van der Waals surface area contributed by atoms with Crippen LogP contribution in [0.15, 0.2) is 48.7 Å². The van der Waals surface area contributed by atoms with E-state index in [2.05, 4.69) is 12.2 Å². The number of methoxy groups -OCH3 is 2. The maximum atomic E-state index is 12.9. The van der Waals surface area contributed by atoms with Gasteiger partial charge in [-0.05, 0) is 43.2 Å². The minimum atomic E-state index is -1.03. The number of amides is 1. The number of nitrogens with zero attached hydrogens (tertiary/aromatic N) is 1. The van der Waals surface area contributed by atoms with Crippen LogP contribution in [-0.2, 0) is 20.9 Å². The number of hydrogen-bond acceptors (Lipinski definition) is 5. The van der Waals surface area contributed by atoms with Crippen LogP contribution in [0.4, 0.5) is 5.69 Å². The molecule has 0 saturated heterocycles. The van der Waals surface area contributed by atoms with E-state index in [1.54, 1.807) is 12.1 Å². The molecule has 8 heteroatoms. The topological polar surface area (TPSA) is 107 Å². The Kier molecular flexibility index (Phi) is 9.49. The van der Waals surface area contributed by atoms with Gasteiger partial charge in [-0.1, -0.05) is 38.8 Å². The van der Waals surface area contributed by atoms with Crippen LogP contribution in [0.1, 0.15) is 61.0 Å². The highest BCUT2D eigenvalue weighted by Gasteiger charge is 2.17. The Bertz CT molecular complexity index is 1310. The van der Waals surface area contributed by atoms with Crippen molar-refractivity contribution >= 4 is 40.5 Å². The third kappa shape index (κ3) is 6.78. The summed E-state index contributed by atoms with van der Waals surface area (Å²) in [5.74, 6) is -1.08. The van der Waals surface area contributed by atoms with Gasteiger partial charge in [-0.15, -0.1) is 0 Å². The number of fused-ring (bicyclic) bond motifs is 1. The molecule has 8 nitrogen and oxygen atoms in total. The fourth-order valence-corrected chi connectivity index (χ4v) is 4.29. The van der Waals surface area contributed by atoms with E-state index in [0.29, 0.717) is 18.0 Å². The van der Waals surface area contributed by atoms with Crippen LogP contribution < -0.4 is 10.1 Å². The normalized spacial score (nSPS) is 12.0. The van der Waals surface area contributed by atoms with Crippen LogP contribution >= 0.6 is 0 Å². The van der Waals surface area contributed by atoms with Crippen molar-refractivity contribution in [2.24, 2.45) is 5.92 Å². The number of rotatable bonds is 12. The predicted octanol–water partition coefficient (Wildman–Crippen LogP) is 5.74.